The maximum Gasteiger partial charge on any atom is 0.513 e. The van der Waals surface area contributed by atoms with E-state index in [4.69, 9.17) is 4.74 Å². The summed E-state index contributed by atoms with van der Waals surface area (Å²) in [6.07, 6.45) is -1.37. The number of carbonyl (C=O) groups is 2. The summed E-state index contributed by atoms with van der Waals surface area (Å²) in [5.41, 5.74) is 4.54. The van der Waals surface area contributed by atoms with Gasteiger partial charge >= 0.3 is 12.2 Å². The number of benzene rings is 1. The third kappa shape index (κ3) is 9.02. The Morgan fingerprint density at radius 1 is 1.06 bits per heavy atom. The van der Waals surface area contributed by atoms with Gasteiger partial charge in [-0.3, -0.25) is 0 Å². The van der Waals surface area contributed by atoms with Crippen molar-refractivity contribution in [3.63, 3.8) is 0 Å². The van der Waals surface area contributed by atoms with Crippen LogP contribution in [0.5, 0.6) is 5.75 Å². The summed E-state index contributed by atoms with van der Waals surface area (Å²) in [7, 11) is 0. The molecule has 1 amide bonds. The minimum Gasteiger partial charge on any atom is -0.450 e. The number of hydrogen-bond donors (Lipinski definition) is 1. The Kier molecular flexibility index (Phi) is 8.71. The van der Waals surface area contributed by atoms with E-state index in [1.807, 2.05) is 6.07 Å². The van der Waals surface area contributed by atoms with Crippen LogP contribution < -0.4 is 10.5 Å². The molecular weight excluding hydrogens is 238 g/mol. The van der Waals surface area contributed by atoms with Gasteiger partial charge in [0.15, 0.2) is 0 Å². The Morgan fingerprint density at radius 3 is 2.00 bits per heavy atom. The molecule has 6 nitrogen and oxygen atoms in total. The van der Waals surface area contributed by atoms with Crippen molar-refractivity contribution >= 4 is 12.2 Å². The molecule has 6 heteroatoms. The van der Waals surface area contributed by atoms with Gasteiger partial charge in [-0.25, -0.2) is 9.59 Å². The van der Waals surface area contributed by atoms with E-state index in [9.17, 15) is 9.59 Å². The normalized spacial score (nSPS) is 8.56. The van der Waals surface area contributed by atoms with Crippen LogP contribution in [0.2, 0.25) is 0 Å². The van der Waals surface area contributed by atoms with Gasteiger partial charge in [-0.15, -0.1) is 0 Å². The fourth-order valence-corrected chi connectivity index (χ4v) is 0.874. The lowest BCUT2D eigenvalue weighted by atomic mass is 10.3. The molecule has 1 rings (SSSR count). The van der Waals surface area contributed by atoms with Crippen molar-refractivity contribution in [1.82, 2.24) is 0 Å². The molecule has 0 aliphatic rings. The van der Waals surface area contributed by atoms with Gasteiger partial charge in [-0.1, -0.05) is 18.2 Å². The van der Waals surface area contributed by atoms with E-state index < -0.39 is 12.2 Å². The molecule has 0 aliphatic carbocycles. The molecule has 100 valence electrons. The van der Waals surface area contributed by atoms with Gasteiger partial charge in [-0.2, -0.15) is 0 Å². The molecule has 18 heavy (non-hydrogen) atoms. The molecule has 0 spiro atoms. The van der Waals surface area contributed by atoms with Crippen LogP contribution in [-0.4, -0.2) is 25.5 Å². The Labute approximate surface area is 106 Å². The first-order valence-corrected chi connectivity index (χ1v) is 5.42. The second-order valence-corrected chi connectivity index (χ2v) is 2.85. The van der Waals surface area contributed by atoms with E-state index in [-0.39, 0.29) is 0 Å². The Bertz CT molecular complexity index is 353. The van der Waals surface area contributed by atoms with Gasteiger partial charge in [0.1, 0.15) is 5.75 Å². The Balaban J connectivity index is 0.000000411. The quantitative estimate of drug-likeness (QED) is 0.661. The van der Waals surface area contributed by atoms with Crippen molar-refractivity contribution in [3.8, 4) is 5.75 Å². The number of primary amides is 1. The van der Waals surface area contributed by atoms with Gasteiger partial charge in [0, 0.05) is 0 Å². The largest absolute Gasteiger partial charge is 0.513 e. The molecule has 2 N–H and O–H groups in total. The fourth-order valence-electron chi connectivity index (χ4n) is 0.874. The van der Waals surface area contributed by atoms with Crippen molar-refractivity contribution in [2.24, 2.45) is 5.73 Å². The van der Waals surface area contributed by atoms with E-state index >= 15 is 0 Å². The van der Waals surface area contributed by atoms with E-state index in [1.165, 1.54) is 0 Å². The average molecular weight is 255 g/mol. The molecule has 1 aromatic rings. The van der Waals surface area contributed by atoms with Crippen LogP contribution in [0.3, 0.4) is 0 Å². The summed E-state index contributed by atoms with van der Waals surface area (Å²) in [4.78, 5) is 20.4. The molecule has 0 saturated carbocycles. The van der Waals surface area contributed by atoms with E-state index in [2.05, 4.69) is 15.2 Å². The van der Waals surface area contributed by atoms with E-state index in [0.717, 1.165) is 0 Å². The SMILES string of the molecule is CCOC(=O)Oc1ccccc1.CCOC(N)=O. The smallest absolute Gasteiger partial charge is 0.450 e. The molecule has 0 fully saturated rings. The first kappa shape index (κ1) is 15.8. The standard InChI is InChI=1S/C9H10O3.C3H7NO2/c1-2-11-9(10)12-8-6-4-3-5-7-8;1-2-6-3(4)5/h3-7H,2H2,1H3;2H2,1H3,(H2,4,5). The monoisotopic (exact) mass is 255 g/mol. The lowest BCUT2D eigenvalue weighted by Gasteiger charge is -2.02. The summed E-state index contributed by atoms with van der Waals surface area (Å²) >= 11 is 0. The van der Waals surface area contributed by atoms with Crippen LogP contribution in [0, 0.1) is 0 Å². The number of ether oxygens (including phenoxy) is 3. The zero-order valence-electron chi connectivity index (χ0n) is 10.4. The van der Waals surface area contributed by atoms with Crippen LogP contribution in [0.25, 0.3) is 0 Å². The highest BCUT2D eigenvalue weighted by molar-refractivity contribution is 5.64. The third-order valence-electron chi connectivity index (χ3n) is 1.49. The summed E-state index contributed by atoms with van der Waals surface area (Å²) in [5, 5.41) is 0. The highest BCUT2D eigenvalue weighted by Gasteiger charge is 2.02. The van der Waals surface area contributed by atoms with Crippen molar-refractivity contribution in [2.75, 3.05) is 13.2 Å². The highest BCUT2D eigenvalue weighted by Crippen LogP contribution is 2.08. The summed E-state index contributed by atoms with van der Waals surface area (Å²) in [5.74, 6) is 0.496. The minimum absolute atomic E-state index is 0.325. The number of amides is 1. The number of rotatable bonds is 3. The molecule has 0 aliphatic heterocycles. The van der Waals surface area contributed by atoms with Crippen LogP contribution in [0.15, 0.2) is 30.3 Å². The summed E-state index contributed by atoms with van der Waals surface area (Å²) < 4.78 is 13.6. The summed E-state index contributed by atoms with van der Waals surface area (Å²) in [6.45, 7) is 4.11. The van der Waals surface area contributed by atoms with Gasteiger partial charge in [0.05, 0.1) is 13.2 Å². The maximum absolute atomic E-state index is 10.8. The van der Waals surface area contributed by atoms with E-state index in [0.29, 0.717) is 19.0 Å². The molecular formula is C12H17NO5. The Morgan fingerprint density at radius 2 is 1.61 bits per heavy atom. The minimum atomic E-state index is -0.711. The van der Waals surface area contributed by atoms with Gasteiger partial charge in [-0.05, 0) is 26.0 Å². The molecule has 0 heterocycles. The van der Waals surface area contributed by atoms with Gasteiger partial charge in [0.2, 0.25) is 0 Å². The van der Waals surface area contributed by atoms with Crippen LogP contribution in [0.4, 0.5) is 9.59 Å². The number of carbonyl (C=O) groups excluding carboxylic acids is 2. The first-order valence-electron chi connectivity index (χ1n) is 5.42. The predicted molar refractivity (Wildman–Crippen MR) is 65.3 cm³/mol. The second kappa shape index (κ2) is 9.95. The predicted octanol–water partition coefficient (Wildman–Crippen LogP) is 2.32. The summed E-state index contributed by atoms with van der Waals surface area (Å²) in [6, 6.07) is 8.80. The number of hydrogen-bond acceptors (Lipinski definition) is 5. The fraction of sp³-hybridized carbons (Fsp3) is 0.333. The number of nitrogens with two attached hydrogens (primary N) is 1. The van der Waals surface area contributed by atoms with Crippen molar-refractivity contribution in [1.29, 1.82) is 0 Å². The van der Waals surface area contributed by atoms with Crippen molar-refractivity contribution in [2.45, 2.75) is 13.8 Å². The zero-order chi connectivity index (χ0) is 13.8. The lowest BCUT2D eigenvalue weighted by Crippen LogP contribution is -2.11. The van der Waals surface area contributed by atoms with Crippen molar-refractivity contribution in [3.05, 3.63) is 30.3 Å². The molecule has 1 aromatic carbocycles. The van der Waals surface area contributed by atoms with Gasteiger partial charge < -0.3 is 19.9 Å². The molecule has 0 aromatic heterocycles. The van der Waals surface area contributed by atoms with Crippen LogP contribution in [-0.2, 0) is 9.47 Å². The third-order valence-corrected chi connectivity index (χ3v) is 1.49. The molecule has 0 bridgehead atoms. The molecule has 0 unspecified atom stereocenters. The second-order valence-electron chi connectivity index (χ2n) is 2.85. The zero-order valence-corrected chi connectivity index (χ0v) is 10.4. The Hall–Kier alpha value is -2.24. The maximum atomic E-state index is 10.8. The molecule has 0 atom stereocenters. The molecule has 0 radical (unpaired) electrons. The lowest BCUT2D eigenvalue weighted by molar-refractivity contribution is 0.104. The first-order chi connectivity index (χ1) is 8.60. The topological polar surface area (TPSA) is 87.8 Å². The van der Waals surface area contributed by atoms with Crippen molar-refractivity contribution < 1.29 is 23.8 Å². The molecule has 0 saturated heterocycles. The van der Waals surface area contributed by atoms with Crippen LogP contribution in [0.1, 0.15) is 13.8 Å². The number of para-hydroxylation sites is 1. The van der Waals surface area contributed by atoms with E-state index in [1.54, 1.807) is 38.1 Å². The van der Waals surface area contributed by atoms with Crippen LogP contribution >= 0.6 is 0 Å². The highest BCUT2D eigenvalue weighted by atomic mass is 16.7. The van der Waals surface area contributed by atoms with Gasteiger partial charge in [0.25, 0.3) is 0 Å². The average Bonchev–Trinajstić information content (AvgIpc) is 2.31.